The number of hydrogen-bond donors (Lipinski definition) is 1. The van der Waals surface area contributed by atoms with Crippen LogP contribution in [0.2, 0.25) is 5.02 Å². The van der Waals surface area contributed by atoms with Crippen molar-refractivity contribution >= 4 is 17.5 Å². The summed E-state index contributed by atoms with van der Waals surface area (Å²) in [7, 11) is 0. The van der Waals surface area contributed by atoms with Gasteiger partial charge in [0.25, 0.3) is 5.91 Å². The van der Waals surface area contributed by atoms with Gasteiger partial charge in [0.1, 0.15) is 0 Å². The monoisotopic (exact) mass is 340 g/mol. The van der Waals surface area contributed by atoms with Gasteiger partial charge in [-0.05, 0) is 47.6 Å². The van der Waals surface area contributed by atoms with Crippen molar-refractivity contribution in [2.45, 2.75) is 32.5 Å². The second-order valence-electron chi connectivity index (χ2n) is 6.77. The third-order valence-corrected chi connectivity index (χ3v) is 5.27. The van der Waals surface area contributed by atoms with Crippen LogP contribution >= 0.6 is 11.6 Å². The molecule has 0 unspecified atom stereocenters. The molecule has 1 amide bonds. The summed E-state index contributed by atoms with van der Waals surface area (Å²) in [6, 6.07) is 13.9. The molecule has 0 radical (unpaired) electrons. The normalized spacial score (nSPS) is 16.0. The molecule has 0 aromatic heterocycles. The Hall–Kier alpha value is -1.84. The smallest absolute Gasteiger partial charge is 0.254 e. The first-order valence-corrected chi connectivity index (χ1v) is 8.94. The van der Waals surface area contributed by atoms with Crippen LogP contribution in [0.4, 0.5) is 0 Å². The fourth-order valence-electron chi connectivity index (χ4n) is 3.37. The molecule has 124 valence electrons. The van der Waals surface area contributed by atoms with Crippen LogP contribution in [0.3, 0.4) is 0 Å². The molecule has 4 rings (SSSR count). The van der Waals surface area contributed by atoms with Crippen molar-refractivity contribution in [2.75, 3.05) is 6.54 Å². The molecule has 24 heavy (non-hydrogen) atoms. The van der Waals surface area contributed by atoms with E-state index in [1.807, 2.05) is 41.3 Å². The maximum Gasteiger partial charge on any atom is 0.254 e. The average molecular weight is 341 g/mol. The predicted octanol–water partition coefficient (Wildman–Crippen LogP) is 4.00. The van der Waals surface area contributed by atoms with Crippen molar-refractivity contribution in [1.82, 2.24) is 10.2 Å². The molecule has 2 aromatic rings. The van der Waals surface area contributed by atoms with Gasteiger partial charge in [-0.3, -0.25) is 4.79 Å². The molecule has 3 nitrogen and oxygen atoms in total. The van der Waals surface area contributed by atoms with Crippen molar-refractivity contribution < 1.29 is 4.79 Å². The first-order valence-electron chi connectivity index (χ1n) is 8.56. The van der Waals surface area contributed by atoms with Crippen molar-refractivity contribution in [2.24, 2.45) is 5.92 Å². The Morgan fingerprint density at radius 1 is 1.12 bits per heavy atom. The predicted molar refractivity (Wildman–Crippen MR) is 95.9 cm³/mol. The molecule has 1 saturated carbocycles. The van der Waals surface area contributed by atoms with Gasteiger partial charge in [-0.25, -0.2) is 0 Å². The van der Waals surface area contributed by atoms with E-state index >= 15 is 0 Å². The minimum atomic E-state index is 0.127. The molecule has 1 aliphatic heterocycles. The molecule has 2 aromatic carbocycles. The van der Waals surface area contributed by atoms with E-state index in [1.165, 1.54) is 18.4 Å². The molecule has 1 aliphatic carbocycles. The van der Waals surface area contributed by atoms with E-state index in [1.54, 1.807) is 0 Å². The zero-order valence-corrected chi connectivity index (χ0v) is 14.4. The lowest BCUT2D eigenvalue weighted by Crippen LogP contribution is -2.33. The minimum absolute atomic E-state index is 0.127. The highest BCUT2D eigenvalue weighted by Gasteiger charge is 2.29. The van der Waals surface area contributed by atoms with Crippen molar-refractivity contribution in [3.63, 3.8) is 0 Å². The lowest BCUT2D eigenvalue weighted by Gasteiger charge is -2.24. The quantitative estimate of drug-likeness (QED) is 0.892. The van der Waals surface area contributed by atoms with Gasteiger partial charge in [-0.15, -0.1) is 0 Å². The van der Waals surface area contributed by atoms with Crippen molar-refractivity contribution in [3.8, 4) is 0 Å². The van der Waals surface area contributed by atoms with Crippen LogP contribution in [-0.4, -0.2) is 17.4 Å². The molecule has 0 bridgehead atoms. The second-order valence-corrected chi connectivity index (χ2v) is 7.17. The summed E-state index contributed by atoms with van der Waals surface area (Å²) in [5.41, 5.74) is 4.25. The number of fused-ring (bicyclic) bond motifs is 1. The lowest BCUT2D eigenvalue weighted by atomic mass is 10.0. The standard InChI is InChI=1S/C20H21ClN2O/c21-19-7-2-1-4-16(19)13-23(12-14-8-9-14)20(24)17-6-3-5-15-10-22-11-18(15)17/h1-7,14,22H,8-13H2. The van der Waals surface area contributed by atoms with Crippen LogP contribution in [0.1, 0.15) is 39.9 Å². The van der Waals surface area contributed by atoms with Crippen LogP contribution in [0.5, 0.6) is 0 Å². The Labute approximate surface area is 147 Å². The van der Waals surface area contributed by atoms with E-state index in [4.69, 9.17) is 11.6 Å². The Bertz CT molecular complexity index is 770. The van der Waals surface area contributed by atoms with E-state index in [9.17, 15) is 4.79 Å². The van der Waals surface area contributed by atoms with Crippen LogP contribution in [-0.2, 0) is 19.6 Å². The van der Waals surface area contributed by atoms with Gasteiger partial charge >= 0.3 is 0 Å². The van der Waals surface area contributed by atoms with Crippen molar-refractivity contribution in [1.29, 1.82) is 0 Å². The summed E-state index contributed by atoms with van der Waals surface area (Å²) in [6.45, 7) is 3.03. The van der Waals surface area contributed by atoms with Crippen LogP contribution < -0.4 is 5.32 Å². The van der Waals surface area contributed by atoms with E-state index in [0.29, 0.717) is 12.5 Å². The van der Waals surface area contributed by atoms with Crippen LogP contribution in [0.15, 0.2) is 42.5 Å². The molecule has 0 saturated heterocycles. The Morgan fingerprint density at radius 2 is 1.96 bits per heavy atom. The van der Waals surface area contributed by atoms with Gasteiger partial charge in [-0.2, -0.15) is 0 Å². The molecular weight excluding hydrogens is 320 g/mol. The van der Waals surface area contributed by atoms with E-state index in [-0.39, 0.29) is 5.91 Å². The summed E-state index contributed by atoms with van der Waals surface area (Å²) in [5.74, 6) is 0.772. The lowest BCUT2D eigenvalue weighted by molar-refractivity contribution is 0.0734. The Kier molecular flexibility index (Phi) is 4.30. The number of benzene rings is 2. The number of carbonyl (C=O) groups is 1. The largest absolute Gasteiger partial charge is 0.334 e. The van der Waals surface area contributed by atoms with Gasteiger partial charge in [0, 0.05) is 36.8 Å². The molecule has 2 aliphatic rings. The number of amides is 1. The van der Waals surface area contributed by atoms with E-state index in [0.717, 1.165) is 41.3 Å². The molecule has 0 atom stereocenters. The maximum atomic E-state index is 13.2. The molecule has 1 fully saturated rings. The number of nitrogens with zero attached hydrogens (tertiary/aromatic N) is 1. The Morgan fingerprint density at radius 3 is 2.75 bits per heavy atom. The van der Waals surface area contributed by atoms with Crippen LogP contribution in [0.25, 0.3) is 0 Å². The molecular formula is C20H21ClN2O. The molecule has 0 spiro atoms. The third-order valence-electron chi connectivity index (χ3n) is 4.90. The molecule has 4 heteroatoms. The fourth-order valence-corrected chi connectivity index (χ4v) is 3.56. The molecule has 1 heterocycles. The number of nitrogens with one attached hydrogen (secondary N) is 1. The zero-order chi connectivity index (χ0) is 16.5. The van der Waals surface area contributed by atoms with Gasteiger partial charge < -0.3 is 10.2 Å². The summed E-state index contributed by atoms with van der Waals surface area (Å²) >= 11 is 6.32. The third kappa shape index (κ3) is 3.19. The van der Waals surface area contributed by atoms with Gasteiger partial charge in [0.05, 0.1) is 0 Å². The van der Waals surface area contributed by atoms with Gasteiger partial charge in [0.2, 0.25) is 0 Å². The number of halogens is 1. The number of hydrogen-bond acceptors (Lipinski definition) is 2. The average Bonchev–Trinajstić information content (AvgIpc) is 3.28. The highest BCUT2D eigenvalue weighted by molar-refractivity contribution is 6.31. The van der Waals surface area contributed by atoms with E-state index < -0.39 is 0 Å². The van der Waals surface area contributed by atoms with Crippen molar-refractivity contribution in [3.05, 3.63) is 69.7 Å². The van der Waals surface area contributed by atoms with Crippen LogP contribution in [0, 0.1) is 5.92 Å². The summed E-state index contributed by atoms with van der Waals surface area (Å²) < 4.78 is 0. The van der Waals surface area contributed by atoms with Gasteiger partial charge in [0.15, 0.2) is 0 Å². The highest BCUT2D eigenvalue weighted by Crippen LogP contribution is 2.32. The number of carbonyl (C=O) groups excluding carboxylic acids is 1. The SMILES string of the molecule is O=C(c1cccc2c1CNC2)N(Cc1ccccc1Cl)CC1CC1. The summed E-state index contributed by atoms with van der Waals surface area (Å²) in [5, 5.41) is 4.07. The van der Waals surface area contributed by atoms with E-state index in [2.05, 4.69) is 11.4 Å². The first kappa shape index (κ1) is 15.7. The second kappa shape index (κ2) is 6.58. The minimum Gasteiger partial charge on any atom is -0.334 e. The number of rotatable bonds is 5. The zero-order valence-electron chi connectivity index (χ0n) is 13.6. The topological polar surface area (TPSA) is 32.3 Å². The summed E-state index contributed by atoms with van der Waals surface area (Å²) in [4.78, 5) is 15.2. The Balaban J connectivity index is 1.62. The summed E-state index contributed by atoms with van der Waals surface area (Å²) in [6.07, 6.45) is 2.45. The first-order chi connectivity index (χ1) is 11.7. The van der Waals surface area contributed by atoms with Gasteiger partial charge in [-0.1, -0.05) is 41.9 Å². The molecule has 1 N–H and O–H groups in total. The highest BCUT2D eigenvalue weighted by atomic mass is 35.5. The fraction of sp³-hybridized carbons (Fsp3) is 0.350. The maximum absolute atomic E-state index is 13.2.